The van der Waals surface area contributed by atoms with Gasteiger partial charge in [0.2, 0.25) is 5.91 Å². The van der Waals surface area contributed by atoms with Gasteiger partial charge in [-0.1, -0.05) is 29.8 Å². The molecule has 1 amide bonds. The van der Waals surface area contributed by atoms with Gasteiger partial charge in [-0.15, -0.1) is 11.3 Å². The minimum absolute atomic E-state index is 0.0164. The summed E-state index contributed by atoms with van der Waals surface area (Å²) in [4.78, 5) is 24.5. The van der Waals surface area contributed by atoms with Crippen molar-refractivity contribution in [2.75, 3.05) is 0 Å². The van der Waals surface area contributed by atoms with E-state index in [0.717, 1.165) is 23.3 Å². The molecule has 1 heterocycles. The molecule has 1 fully saturated rings. The van der Waals surface area contributed by atoms with Crippen molar-refractivity contribution in [1.82, 2.24) is 5.32 Å². The number of thiophene rings is 1. The summed E-state index contributed by atoms with van der Waals surface area (Å²) >= 11 is 7.37. The van der Waals surface area contributed by atoms with Crippen molar-refractivity contribution < 1.29 is 14.7 Å². The van der Waals surface area contributed by atoms with Gasteiger partial charge in [0, 0.05) is 9.90 Å². The number of carboxylic acid groups (broad SMARTS) is 1. The van der Waals surface area contributed by atoms with Gasteiger partial charge in [0.1, 0.15) is 4.88 Å². The molecule has 0 spiro atoms. The molecule has 1 aromatic heterocycles. The molecule has 1 aliphatic rings. The Hall–Kier alpha value is -1.85. The van der Waals surface area contributed by atoms with Crippen molar-refractivity contribution in [3.63, 3.8) is 0 Å². The molecule has 3 rings (SSSR count). The molecule has 2 aromatic rings. The lowest BCUT2D eigenvalue weighted by Crippen LogP contribution is -2.32. The van der Waals surface area contributed by atoms with Crippen LogP contribution in [0.2, 0.25) is 5.02 Å². The highest BCUT2D eigenvalue weighted by molar-refractivity contribution is 7.13. The number of halogens is 1. The average molecular weight is 350 g/mol. The number of aromatic carboxylic acids is 1. The fourth-order valence-corrected chi connectivity index (χ4v) is 3.57. The van der Waals surface area contributed by atoms with E-state index in [9.17, 15) is 9.59 Å². The summed E-state index contributed by atoms with van der Waals surface area (Å²) in [7, 11) is 0. The fraction of sp³-hybridized carbons (Fsp3) is 0.294. The molecule has 23 heavy (non-hydrogen) atoms. The molecule has 2 N–H and O–H groups in total. The maximum absolute atomic E-state index is 12.5. The zero-order chi connectivity index (χ0) is 16.4. The van der Waals surface area contributed by atoms with Crippen LogP contribution in [-0.4, -0.2) is 17.0 Å². The summed E-state index contributed by atoms with van der Waals surface area (Å²) in [5.41, 5.74) is 0.629. The number of rotatable bonds is 6. The van der Waals surface area contributed by atoms with E-state index < -0.39 is 5.97 Å². The van der Waals surface area contributed by atoms with Gasteiger partial charge < -0.3 is 10.4 Å². The van der Waals surface area contributed by atoms with Crippen LogP contribution in [0.1, 0.15) is 33.0 Å². The Morgan fingerprint density at radius 2 is 1.96 bits per heavy atom. The first kappa shape index (κ1) is 16.0. The lowest BCUT2D eigenvalue weighted by atomic mass is 9.95. The summed E-state index contributed by atoms with van der Waals surface area (Å²) in [5.74, 6) is -0.923. The van der Waals surface area contributed by atoms with Crippen LogP contribution in [0.15, 0.2) is 36.4 Å². The third kappa shape index (κ3) is 3.57. The summed E-state index contributed by atoms with van der Waals surface area (Å²) in [6, 6.07) is 10.9. The molecular weight excluding hydrogens is 334 g/mol. The number of carbonyl (C=O) groups is 2. The van der Waals surface area contributed by atoms with E-state index in [-0.39, 0.29) is 16.2 Å². The van der Waals surface area contributed by atoms with E-state index in [4.69, 9.17) is 16.7 Å². The second-order valence-electron chi connectivity index (χ2n) is 5.80. The minimum Gasteiger partial charge on any atom is -0.477 e. The van der Waals surface area contributed by atoms with Crippen LogP contribution < -0.4 is 5.32 Å². The van der Waals surface area contributed by atoms with Crippen molar-refractivity contribution in [3.05, 3.63) is 56.7 Å². The maximum Gasteiger partial charge on any atom is 0.345 e. The van der Waals surface area contributed by atoms with Crippen LogP contribution in [0.25, 0.3) is 0 Å². The third-order valence-electron chi connectivity index (χ3n) is 4.12. The van der Waals surface area contributed by atoms with Gasteiger partial charge in [-0.25, -0.2) is 4.79 Å². The minimum atomic E-state index is -0.940. The number of nitrogens with one attached hydrogen (secondary N) is 1. The maximum atomic E-state index is 12.5. The van der Waals surface area contributed by atoms with Crippen LogP contribution in [0, 0.1) is 5.41 Å². The van der Waals surface area contributed by atoms with Crippen LogP contribution in [-0.2, 0) is 17.8 Å². The first-order valence-corrected chi connectivity index (χ1v) is 8.53. The lowest BCUT2D eigenvalue weighted by Gasteiger charge is -2.15. The molecule has 0 radical (unpaired) electrons. The van der Waals surface area contributed by atoms with E-state index in [1.165, 1.54) is 11.3 Å². The summed E-state index contributed by atoms with van der Waals surface area (Å²) < 4.78 is 0. The predicted molar refractivity (Wildman–Crippen MR) is 89.9 cm³/mol. The zero-order valence-electron chi connectivity index (χ0n) is 12.3. The van der Waals surface area contributed by atoms with Crippen LogP contribution in [0.5, 0.6) is 0 Å². The molecule has 0 bridgehead atoms. The monoisotopic (exact) mass is 349 g/mol. The van der Waals surface area contributed by atoms with E-state index in [0.29, 0.717) is 18.0 Å². The topological polar surface area (TPSA) is 66.4 Å². The Balaban J connectivity index is 1.61. The molecule has 1 aromatic carbocycles. The SMILES string of the molecule is O=C(O)c1ccc(CNC(=O)C2(Cc3ccccc3Cl)CC2)s1. The largest absolute Gasteiger partial charge is 0.477 e. The molecule has 0 saturated heterocycles. The summed E-state index contributed by atoms with van der Waals surface area (Å²) in [5, 5.41) is 12.5. The molecular formula is C17H16ClNO3S. The number of amides is 1. The Kier molecular flexibility index (Phi) is 4.41. The summed E-state index contributed by atoms with van der Waals surface area (Å²) in [6.07, 6.45) is 2.35. The van der Waals surface area contributed by atoms with E-state index in [2.05, 4.69) is 5.32 Å². The highest BCUT2D eigenvalue weighted by Crippen LogP contribution is 2.49. The lowest BCUT2D eigenvalue weighted by molar-refractivity contribution is -0.126. The fourth-order valence-electron chi connectivity index (χ4n) is 2.58. The second-order valence-corrected chi connectivity index (χ2v) is 7.38. The number of hydrogen-bond donors (Lipinski definition) is 2. The highest BCUT2D eigenvalue weighted by Gasteiger charge is 2.49. The first-order valence-electron chi connectivity index (χ1n) is 7.34. The first-order chi connectivity index (χ1) is 11.0. The van der Waals surface area contributed by atoms with Crippen molar-refractivity contribution in [1.29, 1.82) is 0 Å². The van der Waals surface area contributed by atoms with Gasteiger partial charge in [-0.05, 0) is 43.0 Å². The van der Waals surface area contributed by atoms with Crippen LogP contribution in [0.4, 0.5) is 0 Å². The van der Waals surface area contributed by atoms with Gasteiger partial charge >= 0.3 is 5.97 Å². The number of carboxylic acids is 1. The summed E-state index contributed by atoms with van der Waals surface area (Å²) in [6.45, 7) is 0.362. The quantitative estimate of drug-likeness (QED) is 0.834. The van der Waals surface area contributed by atoms with Gasteiger partial charge in [0.05, 0.1) is 12.0 Å². The van der Waals surface area contributed by atoms with Gasteiger partial charge in [-0.2, -0.15) is 0 Å². The molecule has 0 aliphatic heterocycles. The van der Waals surface area contributed by atoms with E-state index in [1.807, 2.05) is 24.3 Å². The molecule has 120 valence electrons. The predicted octanol–water partition coefficient (Wildman–Crippen LogP) is 3.74. The van der Waals surface area contributed by atoms with Gasteiger partial charge in [-0.3, -0.25) is 4.79 Å². The Labute approximate surface area is 143 Å². The Morgan fingerprint density at radius 3 is 2.57 bits per heavy atom. The number of benzene rings is 1. The highest BCUT2D eigenvalue weighted by atomic mass is 35.5. The molecule has 0 unspecified atom stereocenters. The molecule has 1 saturated carbocycles. The zero-order valence-corrected chi connectivity index (χ0v) is 13.9. The number of carbonyl (C=O) groups excluding carboxylic acids is 1. The molecule has 1 aliphatic carbocycles. The van der Waals surface area contributed by atoms with Crippen LogP contribution >= 0.6 is 22.9 Å². The standard InChI is InChI=1S/C17H16ClNO3S/c18-13-4-2-1-3-11(13)9-17(7-8-17)16(22)19-10-12-5-6-14(23-12)15(20)21/h1-6H,7-10H2,(H,19,22)(H,20,21). The second kappa shape index (κ2) is 6.34. The van der Waals surface area contributed by atoms with E-state index in [1.54, 1.807) is 12.1 Å². The van der Waals surface area contributed by atoms with Gasteiger partial charge in [0.25, 0.3) is 0 Å². The van der Waals surface area contributed by atoms with Crippen molar-refractivity contribution >= 4 is 34.8 Å². The molecule has 4 nitrogen and oxygen atoms in total. The van der Waals surface area contributed by atoms with Crippen molar-refractivity contribution in [2.24, 2.45) is 5.41 Å². The van der Waals surface area contributed by atoms with Gasteiger partial charge in [0.15, 0.2) is 0 Å². The number of hydrogen-bond acceptors (Lipinski definition) is 3. The third-order valence-corrected chi connectivity index (χ3v) is 5.56. The van der Waals surface area contributed by atoms with Crippen molar-refractivity contribution in [3.8, 4) is 0 Å². The molecule has 6 heteroatoms. The Morgan fingerprint density at radius 1 is 1.22 bits per heavy atom. The van der Waals surface area contributed by atoms with Crippen molar-refractivity contribution in [2.45, 2.75) is 25.8 Å². The normalized spacial score (nSPS) is 15.2. The molecule has 0 atom stereocenters. The smallest absolute Gasteiger partial charge is 0.345 e. The van der Waals surface area contributed by atoms with Crippen LogP contribution in [0.3, 0.4) is 0 Å². The van der Waals surface area contributed by atoms with E-state index >= 15 is 0 Å². The average Bonchev–Trinajstić information content (AvgIpc) is 3.15. The Bertz CT molecular complexity index is 752.